The molecule has 5 nitrogen and oxygen atoms in total. The van der Waals surface area contributed by atoms with E-state index in [0.29, 0.717) is 11.6 Å². The maximum atomic E-state index is 11.2. The van der Waals surface area contributed by atoms with Gasteiger partial charge in [0.25, 0.3) is 5.91 Å². The summed E-state index contributed by atoms with van der Waals surface area (Å²) >= 11 is 0. The van der Waals surface area contributed by atoms with Gasteiger partial charge in [0.1, 0.15) is 0 Å². The number of aromatic nitrogens is 2. The van der Waals surface area contributed by atoms with Gasteiger partial charge in [-0.2, -0.15) is 5.10 Å². The summed E-state index contributed by atoms with van der Waals surface area (Å²) in [6, 6.07) is 1.71. The van der Waals surface area contributed by atoms with Crippen molar-refractivity contribution in [3.05, 3.63) is 17.5 Å². The third-order valence-electron chi connectivity index (χ3n) is 1.65. The molecule has 13 heavy (non-hydrogen) atoms. The van der Waals surface area contributed by atoms with Crippen molar-refractivity contribution in [3.63, 3.8) is 0 Å². The Balaban J connectivity index is 2.73. The van der Waals surface area contributed by atoms with E-state index in [4.69, 9.17) is 0 Å². The zero-order valence-electron chi connectivity index (χ0n) is 7.92. The van der Waals surface area contributed by atoms with Gasteiger partial charge in [-0.15, -0.1) is 0 Å². The molecule has 1 rings (SSSR count). The Morgan fingerprint density at radius 1 is 1.69 bits per heavy atom. The van der Waals surface area contributed by atoms with Gasteiger partial charge in [0.2, 0.25) is 0 Å². The second-order valence-corrected chi connectivity index (χ2v) is 3.00. The summed E-state index contributed by atoms with van der Waals surface area (Å²) in [5.41, 5.74) is 3.46. The molecule has 0 aromatic carbocycles. The first-order valence-corrected chi connectivity index (χ1v) is 4.03. The van der Waals surface area contributed by atoms with Crippen molar-refractivity contribution >= 4 is 5.91 Å². The number of aromatic amines is 1. The van der Waals surface area contributed by atoms with Crippen molar-refractivity contribution in [1.29, 1.82) is 0 Å². The number of hydrogen-bond acceptors (Lipinski definition) is 3. The minimum atomic E-state index is -0.342. The largest absolute Gasteiger partial charge is 0.295 e. The molecule has 1 aromatic rings. The average Bonchev–Trinajstić information content (AvgIpc) is 2.52. The molecule has 0 spiro atoms. The van der Waals surface area contributed by atoms with Crippen molar-refractivity contribution in [1.82, 2.24) is 15.7 Å². The van der Waals surface area contributed by atoms with Crippen LogP contribution in [0, 0.1) is 0 Å². The molecule has 0 saturated heterocycles. The first kappa shape index (κ1) is 9.73. The van der Waals surface area contributed by atoms with Crippen LogP contribution in [0.2, 0.25) is 0 Å². The Morgan fingerprint density at radius 3 is 2.85 bits per heavy atom. The van der Waals surface area contributed by atoms with Crippen LogP contribution in [0.15, 0.2) is 6.07 Å². The van der Waals surface area contributed by atoms with Gasteiger partial charge >= 0.3 is 0 Å². The van der Waals surface area contributed by atoms with Crippen LogP contribution in [0.1, 0.15) is 35.9 Å². The van der Waals surface area contributed by atoms with Gasteiger partial charge in [0.05, 0.1) is 7.11 Å². The van der Waals surface area contributed by atoms with Crippen molar-refractivity contribution < 1.29 is 9.63 Å². The van der Waals surface area contributed by atoms with Crippen LogP contribution < -0.4 is 5.48 Å². The summed E-state index contributed by atoms with van der Waals surface area (Å²) < 4.78 is 0. The fourth-order valence-electron chi connectivity index (χ4n) is 0.894. The molecule has 0 fully saturated rings. The second kappa shape index (κ2) is 4.04. The number of H-pyrrole nitrogens is 1. The van der Waals surface area contributed by atoms with Gasteiger partial charge in [-0.05, 0) is 12.0 Å². The Labute approximate surface area is 76.4 Å². The van der Waals surface area contributed by atoms with Gasteiger partial charge in [-0.1, -0.05) is 13.8 Å². The number of nitrogens with zero attached hydrogens (tertiary/aromatic N) is 1. The molecule has 1 amide bonds. The van der Waals surface area contributed by atoms with Crippen LogP contribution in [0.4, 0.5) is 0 Å². The molecule has 0 atom stereocenters. The lowest BCUT2D eigenvalue weighted by Gasteiger charge is -1.97. The Bertz CT molecular complexity index is 293. The van der Waals surface area contributed by atoms with E-state index in [1.165, 1.54) is 7.11 Å². The fraction of sp³-hybridized carbons (Fsp3) is 0.500. The SMILES string of the molecule is CONC(=O)c1cc(C(C)C)[nH]n1. The molecule has 1 aromatic heterocycles. The molecule has 0 unspecified atom stereocenters. The van der Waals surface area contributed by atoms with Gasteiger partial charge in [-0.25, -0.2) is 5.48 Å². The normalized spacial score (nSPS) is 10.5. The topological polar surface area (TPSA) is 67.0 Å². The zero-order chi connectivity index (χ0) is 9.84. The highest BCUT2D eigenvalue weighted by molar-refractivity contribution is 5.91. The summed E-state index contributed by atoms with van der Waals surface area (Å²) in [5, 5.41) is 6.62. The molecule has 0 saturated carbocycles. The van der Waals surface area contributed by atoms with E-state index in [0.717, 1.165) is 5.69 Å². The molecule has 0 bridgehead atoms. The molecule has 0 aliphatic carbocycles. The van der Waals surface area contributed by atoms with E-state index in [1.807, 2.05) is 13.8 Å². The van der Waals surface area contributed by atoms with Crippen molar-refractivity contribution in [2.24, 2.45) is 0 Å². The molecule has 1 heterocycles. The van der Waals surface area contributed by atoms with Crippen LogP contribution >= 0.6 is 0 Å². The first-order valence-electron chi connectivity index (χ1n) is 4.03. The van der Waals surface area contributed by atoms with Crippen molar-refractivity contribution in [2.45, 2.75) is 19.8 Å². The summed E-state index contributed by atoms with van der Waals surface area (Å²) in [7, 11) is 1.38. The third-order valence-corrected chi connectivity index (χ3v) is 1.65. The Hall–Kier alpha value is -1.36. The number of hydrogen-bond donors (Lipinski definition) is 2. The highest BCUT2D eigenvalue weighted by Crippen LogP contribution is 2.11. The minimum absolute atomic E-state index is 0.330. The van der Waals surface area contributed by atoms with Gasteiger partial charge in [0, 0.05) is 5.69 Å². The summed E-state index contributed by atoms with van der Waals surface area (Å²) in [6.45, 7) is 4.04. The molecule has 2 N–H and O–H groups in total. The van der Waals surface area contributed by atoms with Crippen LogP contribution in [-0.2, 0) is 4.84 Å². The van der Waals surface area contributed by atoms with E-state index in [9.17, 15) is 4.79 Å². The third kappa shape index (κ3) is 2.29. The lowest BCUT2D eigenvalue weighted by molar-refractivity contribution is 0.0532. The average molecular weight is 183 g/mol. The van der Waals surface area contributed by atoms with Crippen LogP contribution in [-0.4, -0.2) is 23.2 Å². The highest BCUT2D eigenvalue weighted by atomic mass is 16.6. The number of amides is 1. The van der Waals surface area contributed by atoms with Gasteiger partial charge < -0.3 is 0 Å². The number of rotatable bonds is 3. The van der Waals surface area contributed by atoms with Crippen LogP contribution in [0.3, 0.4) is 0 Å². The predicted molar refractivity (Wildman–Crippen MR) is 47.2 cm³/mol. The predicted octanol–water partition coefficient (Wildman–Crippen LogP) is 0.824. The number of hydroxylamine groups is 1. The maximum absolute atomic E-state index is 11.2. The highest BCUT2D eigenvalue weighted by Gasteiger charge is 2.10. The number of carbonyl (C=O) groups excluding carboxylic acids is 1. The Morgan fingerprint density at radius 2 is 2.38 bits per heavy atom. The molecule has 5 heteroatoms. The van der Waals surface area contributed by atoms with E-state index in [2.05, 4.69) is 20.5 Å². The van der Waals surface area contributed by atoms with Crippen molar-refractivity contribution in [3.8, 4) is 0 Å². The molecule has 0 aliphatic heterocycles. The van der Waals surface area contributed by atoms with E-state index in [1.54, 1.807) is 6.07 Å². The Kier molecular flexibility index (Phi) is 3.02. The lowest BCUT2D eigenvalue weighted by Crippen LogP contribution is -2.22. The minimum Gasteiger partial charge on any atom is -0.282 e. The number of nitrogens with one attached hydrogen (secondary N) is 2. The number of carbonyl (C=O) groups is 1. The van der Waals surface area contributed by atoms with E-state index in [-0.39, 0.29) is 5.91 Å². The standard InChI is InChI=1S/C8H13N3O2/c1-5(2)6-4-7(10-9-6)8(12)11-13-3/h4-5H,1-3H3,(H,9,10)(H,11,12). The second-order valence-electron chi connectivity index (χ2n) is 3.00. The molecular formula is C8H13N3O2. The molecule has 72 valence electrons. The van der Waals surface area contributed by atoms with Gasteiger partial charge in [0.15, 0.2) is 5.69 Å². The monoisotopic (exact) mass is 183 g/mol. The summed E-state index contributed by atoms with van der Waals surface area (Å²) in [4.78, 5) is 15.6. The van der Waals surface area contributed by atoms with Crippen LogP contribution in [0.25, 0.3) is 0 Å². The summed E-state index contributed by atoms with van der Waals surface area (Å²) in [6.07, 6.45) is 0. The first-order chi connectivity index (χ1) is 6.15. The smallest absolute Gasteiger partial charge is 0.282 e. The maximum Gasteiger partial charge on any atom is 0.295 e. The molecule has 0 aliphatic rings. The lowest BCUT2D eigenvalue weighted by atomic mass is 10.1. The van der Waals surface area contributed by atoms with Crippen molar-refractivity contribution in [2.75, 3.05) is 7.11 Å². The quantitative estimate of drug-likeness (QED) is 0.682. The van der Waals surface area contributed by atoms with Gasteiger partial charge in [-0.3, -0.25) is 14.7 Å². The van der Waals surface area contributed by atoms with Crippen LogP contribution in [0.5, 0.6) is 0 Å². The zero-order valence-corrected chi connectivity index (χ0v) is 7.92. The molecular weight excluding hydrogens is 170 g/mol. The fourth-order valence-corrected chi connectivity index (χ4v) is 0.894. The summed E-state index contributed by atoms with van der Waals surface area (Å²) in [5.74, 6) is -0.0118. The van der Waals surface area contributed by atoms with E-state index < -0.39 is 0 Å². The van der Waals surface area contributed by atoms with E-state index >= 15 is 0 Å². The molecule has 0 radical (unpaired) electrons.